The maximum absolute atomic E-state index is 6.84. The second kappa shape index (κ2) is 11.0. The van der Waals surface area contributed by atoms with Gasteiger partial charge >= 0.3 is 0 Å². The van der Waals surface area contributed by atoms with Crippen molar-refractivity contribution in [3.63, 3.8) is 0 Å². The van der Waals surface area contributed by atoms with Crippen LogP contribution in [0.5, 0.6) is 0 Å². The molecule has 49 heavy (non-hydrogen) atoms. The number of nitrogens with zero attached hydrogens (tertiary/aromatic N) is 2. The molecule has 230 valence electrons. The molecule has 0 N–H and O–H groups in total. The van der Waals surface area contributed by atoms with E-state index in [2.05, 4.69) is 191 Å². The predicted octanol–water partition coefficient (Wildman–Crippen LogP) is 13.0. The second-order valence-corrected chi connectivity index (χ2v) is 12.6. The first kappa shape index (κ1) is 27.5. The Morgan fingerprint density at radius 1 is 0.429 bits per heavy atom. The zero-order valence-corrected chi connectivity index (χ0v) is 26.6. The SMILES string of the molecule is c1ccc(-c2ccccc2N(c2ccc3c(c2)c2ccccc2n3-c2ccccc2)c2cccc3c2oc2cc4ccccc4cc23)cc1. The van der Waals surface area contributed by atoms with Gasteiger partial charge in [0.2, 0.25) is 0 Å². The van der Waals surface area contributed by atoms with Gasteiger partial charge in [0.15, 0.2) is 5.58 Å². The summed E-state index contributed by atoms with van der Waals surface area (Å²) in [6.07, 6.45) is 0. The number of hydrogen-bond acceptors (Lipinski definition) is 2. The van der Waals surface area contributed by atoms with E-state index in [1.807, 2.05) is 0 Å². The van der Waals surface area contributed by atoms with Gasteiger partial charge in [0.25, 0.3) is 0 Å². The molecule has 10 aromatic rings. The summed E-state index contributed by atoms with van der Waals surface area (Å²) in [7, 11) is 0. The Hall–Kier alpha value is -6.58. The first-order valence-electron chi connectivity index (χ1n) is 16.7. The minimum Gasteiger partial charge on any atom is -0.454 e. The summed E-state index contributed by atoms with van der Waals surface area (Å²) in [5.41, 5.74) is 10.7. The van der Waals surface area contributed by atoms with Crippen LogP contribution in [0, 0.1) is 0 Å². The molecule has 0 fully saturated rings. The van der Waals surface area contributed by atoms with E-state index in [-0.39, 0.29) is 0 Å². The number of fused-ring (bicyclic) bond motifs is 7. The highest BCUT2D eigenvalue weighted by molar-refractivity contribution is 6.15. The monoisotopic (exact) mass is 626 g/mol. The lowest BCUT2D eigenvalue weighted by Gasteiger charge is -2.28. The molecule has 3 nitrogen and oxygen atoms in total. The average Bonchev–Trinajstić information content (AvgIpc) is 3.70. The zero-order valence-electron chi connectivity index (χ0n) is 26.6. The van der Waals surface area contributed by atoms with Crippen LogP contribution >= 0.6 is 0 Å². The van der Waals surface area contributed by atoms with Crippen LogP contribution < -0.4 is 4.90 Å². The Labute approximate surface area is 283 Å². The van der Waals surface area contributed by atoms with Gasteiger partial charge in [-0.15, -0.1) is 0 Å². The quantitative estimate of drug-likeness (QED) is 0.190. The Bertz CT molecular complexity index is 2830. The lowest BCUT2D eigenvalue weighted by Crippen LogP contribution is -2.11. The molecule has 0 saturated heterocycles. The molecular weight excluding hydrogens is 597 g/mol. The van der Waals surface area contributed by atoms with Crippen LogP contribution in [0.4, 0.5) is 17.1 Å². The van der Waals surface area contributed by atoms with Crippen LogP contribution in [0.15, 0.2) is 186 Å². The number of anilines is 3. The summed E-state index contributed by atoms with van der Waals surface area (Å²) in [6.45, 7) is 0. The number of rotatable bonds is 5. The molecule has 0 unspecified atom stereocenters. The maximum atomic E-state index is 6.84. The fraction of sp³-hybridized carbons (Fsp3) is 0. The fourth-order valence-electron chi connectivity index (χ4n) is 7.54. The predicted molar refractivity (Wildman–Crippen MR) is 206 cm³/mol. The Balaban J connectivity index is 1.28. The van der Waals surface area contributed by atoms with Gasteiger partial charge in [-0.05, 0) is 77.0 Å². The molecule has 0 aliphatic rings. The van der Waals surface area contributed by atoms with Crippen molar-refractivity contribution in [2.45, 2.75) is 0 Å². The molecule has 0 aliphatic carbocycles. The highest BCUT2D eigenvalue weighted by atomic mass is 16.3. The molecular formula is C46H30N2O. The molecule has 0 radical (unpaired) electrons. The van der Waals surface area contributed by atoms with Crippen LogP contribution in [-0.2, 0) is 0 Å². The van der Waals surface area contributed by atoms with E-state index in [1.165, 1.54) is 32.6 Å². The van der Waals surface area contributed by atoms with Gasteiger partial charge in [-0.2, -0.15) is 0 Å². The average molecular weight is 627 g/mol. The molecule has 2 aromatic heterocycles. The van der Waals surface area contributed by atoms with E-state index in [9.17, 15) is 0 Å². The molecule has 0 atom stereocenters. The van der Waals surface area contributed by atoms with Crippen LogP contribution in [0.1, 0.15) is 0 Å². The maximum Gasteiger partial charge on any atom is 0.159 e. The zero-order chi connectivity index (χ0) is 32.3. The van der Waals surface area contributed by atoms with Crippen molar-refractivity contribution in [1.29, 1.82) is 0 Å². The third-order valence-electron chi connectivity index (χ3n) is 9.74. The summed E-state index contributed by atoms with van der Waals surface area (Å²) in [6, 6.07) is 64.9. The summed E-state index contributed by atoms with van der Waals surface area (Å²) >= 11 is 0. The Morgan fingerprint density at radius 3 is 1.94 bits per heavy atom. The van der Waals surface area contributed by atoms with E-state index in [4.69, 9.17) is 4.42 Å². The van der Waals surface area contributed by atoms with Gasteiger partial charge in [0, 0.05) is 38.5 Å². The molecule has 0 bridgehead atoms. The third kappa shape index (κ3) is 4.37. The van der Waals surface area contributed by atoms with Gasteiger partial charge in [0.1, 0.15) is 5.58 Å². The van der Waals surface area contributed by atoms with Crippen molar-refractivity contribution in [2.75, 3.05) is 4.90 Å². The van der Waals surface area contributed by atoms with Gasteiger partial charge in [-0.1, -0.05) is 121 Å². The van der Waals surface area contributed by atoms with E-state index in [1.54, 1.807) is 0 Å². The third-order valence-corrected chi connectivity index (χ3v) is 9.74. The lowest BCUT2D eigenvalue weighted by atomic mass is 10.0. The minimum atomic E-state index is 0.863. The van der Waals surface area contributed by atoms with E-state index in [0.717, 1.165) is 55.8 Å². The molecule has 8 aromatic carbocycles. The number of furan rings is 1. The fourth-order valence-corrected chi connectivity index (χ4v) is 7.54. The van der Waals surface area contributed by atoms with Crippen molar-refractivity contribution in [2.24, 2.45) is 0 Å². The summed E-state index contributed by atoms with van der Waals surface area (Å²) < 4.78 is 9.20. The van der Waals surface area contributed by atoms with Crippen LogP contribution in [0.25, 0.3) is 71.3 Å². The Morgan fingerprint density at radius 2 is 1.08 bits per heavy atom. The van der Waals surface area contributed by atoms with Crippen LogP contribution in [0.2, 0.25) is 0 Å². The van der Waals surface area contributed by atoms with E-state index in [0.29, 0.717) is 0 Å². The number of benzene rings is 8. The molecule has 0 spiro atoms. The Kier molecular flexibility index (Phi) is 6.18. The highest BCUT2D eigenvalue weighted by Gasteiger charge is 2.23. The van der Waals surface area contributed by atoms with Gasteiger partial charge in [-0.25, -0.2) is 0 Å². The first-order chi connectivity index (χ1) is 24.3. The molecule has 2 heterocycles. The van der Waals surface area contributed by atoms with Crippen molar-refractivity contribution in [3.8, 4) is 16.8 Å². The number of aromatic nitrogens is 1. The van der Waals surface area contributed by atoms with E-state index >= 15 is 0 Å². The minimum absolute atomic E-state index is 0.863. The van der Waals surface area contributed by atoms with Crippen molar-refractivity contribution >= 4 is 71.6 Å². The van der Waals surface area contributed by atoms with Gasteiger partial charge in [-0.3, -0.25) is 0 Å². The van der Waals surface area contributed by atoms with Crippen LogP contribution in [0.3, 0.4) is 0 Å². The van der Waals surface area contributed by atoms with Crippen molar-refractivity contribution in [3.05, 3.63) is 182 Å². The molecule has 0 saturated carbocycles. The topological polar surface area (TPSA) is 21.3 Å². The largest absolute Gasteiger partial charge is 0.454 e. The van der Waals surface area contributed by atoms with E-state index < -0.39 is 0 Å². The summed E-state index contributed by atoms with van der Waals surface area (Å²) in [5.74, 6) is 0. The number of hydrogen-bond donors (Lipinski definition) is 0. The molecule has 3 heteroatoms. The number of para-hydroxylation sites is 4. The second-order valence-electron chi connectivity index (χ2n) is 12.6. The van der Waals surface area contributed by atoms with Gasteiger partial charge in [0.05, 0.1) is 22.4 Å². The molecule has 0 amide bonds. The smallest absolute Gasteiger partial charge is 0.159 e. The summed E-state index contributed by atoms with van der Waals surface area (Å²) in [5, 5.41) is 7.00. The first-order valence-corrected chi connectivity index (χ1v) is 16.7. The highest BCUT2D eigenvalue weighted by Crippen LogP contribution is 2.47. The van der Waals surface area contributed by atoms with Crippen molar-refractivity contribution in [1.82, 2.24) is 4.57 Å². The standard InChI is InChI=1S/C46H30N2O/c1-3-14-31(15-4-1)36-20-9-11-23-41(36)48(44-25-13-22-38-40-28-32-16-7-8-17-33(32)29-45(40)49-46(38)44)35-26-27-43-39(30-35)37-21-10-12-24-42(37)47(43)34-18-5-2-6-19-34/h1-30H. The molecule has 0 aliphatic heterocycles. The normalized spacial score (nSPS) is 11.7. The molecule has 10 rings (SSSR count). The van der Waals surface area contributed by atoms with Gasteiger partial charge < -0.3 is 13.9 Å². The van der Waals surface area contributed by atoms with Crippen LogP contribution in [-0.4, -0.2) is 4.57 Å². The van der Waals surface area contributed by atoms with Crippen molar-refractivity contribution < 1.29 is 4.42 Å². The lowest BCUT2D eigenvalue weighted by molar-refractivity contribution is 0.669. The summed E-state index contributed by atoms with van der Waals surface area (Å²) in [4.78, 5) is 2.38.